The molecule has 0 bridgehead atoms. The van der Waals surface area contributed by atoms with Crippen molar-refractivity contribution < 1.29 is 9.50 Å². The molecule has 0 saturated heterocycles. The Morgan fingerprint density at radius 2 is 2.00 bits per heavy atom. The number of hydrogen-bond acceptors (Lipinski definition) is 5. The molecule has 8 heteroatoms. The Hall–Kier alpha value is -2.51. The minimum atomic E-state index is -0.788. The van der Waals surface area contributed by atoms with Crippen LogP contribution in [0.2, 0.25) is 0 Å². The van der Waals surface area contributed by atoms with E-state index in [1.807, 2.05) is 10.6 Å². The Balaban J connectivity index is 0.00000240. The highest BCUT2D eigenvalue weighted by molar-refractivity contribution is 5.86. The van der Waals surface area contributed by atoms with Gasteiger partial charge in [0, 0.05) is 12.1 Å². The monoisotopic (exact) mass is 417 g/mol. The number of aryl methyl sites for hydroxylation is 1. The van der Waals surface area contributed by atoms with Crippen molar-refractivity contribution in [3.8, 4) is 11.4 Å². The molecule has 1 aliphatic rings. The van der Waals surface area contributed by atoms with Crippen molar-refractivity contribution in [2.75, 3.05) is 5.73 Å². The smallest absolute Gasteiger partial charge is 0.166 e. The van der Waals surface area contributed by atoms with Crippen LogP contribution in [0.5, 0.6) is 0 Å². The van der Waals surface area contributed by atoms with Crippen LogP contribution in [-0.2, 0) is 6.54 Å². The van der Waals surface area contributed by atoms with E-state index >= 15 is 0 Å². The number of nitrogens with two attached hydrogens (primary N) is 1. The van der Waals surface area contributed by atoms with Crippen LogP contribution in [0.15, 0.2) is 30.3 Å². The van der Waals surface area contributed by atoms with Crippen LogP contribution in [0.1, 0.15) is 44.9 Å². The van der Waals surface area contributed by atoms with Crippen LogP contribution in [0, 0.1) is 5.82 Å². The zero-order valence-electron chi connectivity index (χ0n) is 16.3. The van der Waals surface area contributed by atoms with Gasteiger partial charge >= 0.3 is 0 Å². The average Bonchev–Trinajstić information content (AvgIpc) is 3.26. The summed E-state index contributed by atoms with van der Waals surface area (Å²) in [4.78, 5) is 13.6. The van der Waals surface area contributed by atoms with Gasteiger partial charge in [0.25, 0.3) is 0 Å². The Labute approximate surface area is 175 Å². The second kappa shape index (κ2) is 8.47. The molecule has 1 saturated carbocycles. The molecule has 29 heavy (non-hydrogen) atoms. The fourth-order valence-electron chi connectivity index (χ4n) is 3.78. The maximum atomic E-state index is 13.7. The van der Waals surface area contributed by atoms with Crippen molar-refractivity contribution >= 4 is 35.5 Å². The summed E-state index contributed by atoms with van der Waals surface area (Å²) in [5, 5.41) is 10.5. The lowest BCUT2D eigenvalue weighted by Crippen LogP contribution is -2.19. The number of aromatic nitrogens is 4. The van der Waals surface area contributed by atoms with Crippen LogP contribution >= 0.6 is 12.4 Å². The molecular weight excluding hydrogens is 393 g/mol. The summed E-state index contributed by atoms with van der Waals surface area (Å²) < 4.78 is 15.7. The van der Waals surface area contributed by atoms with E-state index in [9.17, 15) is 9.50 Å². The van der Waals surface area contributed by atoms with Gasteiger partial charge < -0.3 is 15.4 Å². The molecule has 0 atom stereocenters. The van der Waals surface area contributed by atoms with Crippen molar-refractivity contribution in [2.24, 2.45) is 0 Å². The quantitative estimate of drug-likeness (QED) is 0.643. The molecule has 0 spiro atoms. The average molecular weight is 418 g/mol. The summed E-state index contributed by atoms with van der Waals surface area (Å²) in [6.07, 6.45) is 7.90. The second-order valence-corrected chi connectivity index (χ2v) is 7.38. The summed E-state index contributed by atoms with van der Waals surface area (Å²) in [6.45, 7) is 2.73. The standard InChI is InChI=1S/C21H24FN5O.ClH/c1-2-12-27-19(14-6-5-7-15(22)13-14)26-17-18(23)24-16(25-20(17)27)8-11-21(28)9-3-4-10-21;/h5-8,11,13,28H,2-4,9-10,12H2,1H3,(H2,23,24,25);1H. The van der Waals surface area contributed by atoms with Crippen molar-refractivity contribution in [2.45, 2.75) is 51.2 Å². The van der Waals surface area contributed by atoms with Gasteiger partial charge in [0.15, 0.2) is 22.8 Å². The predicted molar refractivity (Wildman–Crippen MR) is 115 cm³/mol. The molecule has 2 aromatic heterocycles. The number of nitrogen functional groups attached to an aromatic ring is 1. The lowest BCUT2D eigenvalue weighted by molar-refractivity contribution is 0.100. The van der Waals surface area contributed by atoms with Crippen LogP contribution < -0.4 is 5.73 Å². The number of imidazole rings is 1. The fraction of sp³-hybridized carbons (Fsp3) is 0.381. The number of fused-ring (bicyclic) bond motifs is 1. The molecule has 1 fully saturated rings. The molecule has 3 aromatic rings. The number of nitrogens with zero attached hydrogens (tertiary/aromatic N) is 4. The van der Waals surface area contributed by atoms with E-state index in [-0.39, 0.29) is 24.0 Å². The van der Waals surface area contributed by atoms with E-state index in [1.165, 1.54) is 12.1 Å². The van der Waals surface area contributed by atoms with Crippen molar-refractivity contribution in [1.29, 1.82) is 0 Å². The minimum Gasteiger partial charge on any atom is -0.386 e. The first kappa shape index (κ1) is 21.2. The molecule has 1 aliphatic carbocycles. The molecule has 6 nitrogen and oxygen atoms in total. The highest BCUT2D eigenvalue weighted by Gasteiger charge is 2.28. The van der Waals surface area contributed by atoms with Gasteiger partial charge in [-0.25, -0.2) is 19.3 Å². The third-order valence-electron chi connectivity index (χ3n) is 5.18. The Bertz CT molecular complexity index is 1040. The van der Waals surface area contributed by atoms with Gasteiger partial charge in [0.1, 0.15) is 11.6 Å². The topological polar surface area (TPSA) is 89.9 Å². The second-order valence-electron chi connectivity index (χ2n) is 7.38. The normalized spacial score (nSPS) is 15.8. The maximum Gasteiger partial charge on any atom is 0.166 e. The number of halogens is 2. The number of aliphatic hydroxyl groups is 1. The maximum absolute atomic E-state index is 13.7. The van der Waals surface area contributed by atoms with Gasteiger partial charge in [0.05, 0.1) is 5.60 Å². The van der Waals surface area contributed by atoms with Crippen LogP contribution in [0.3, 0.4) is 0 Å². The number of rotatable bonds is 5. The number of anilines is 1. The third-order valence-corrected chi connectivity index (χ3v) is 5.18. The first-order valence-electron chi connectivity index (χ1n) is 9.70. The largest absolute Gasteiger partial charge is 0.386 e. The lowest BCUT2D eigenvalue weighted by Gasteiger charge is -2.16. The van der Waals surface area contributed by atoms with Gasteiger partial charge in [-0.3, -0.25) is 0 Å². The zero-order valence-corrected chi connectivity index (χ0v) is 17.1. The molecule has 1 aromatic carbocycles. The highest BCUT2D eigenvalue weighted by Crippen LogP contribution is 2.31. The van der Waals surface area contributed by atoms with Crippen LogP contribution in [0.4, 0.5) is 10.2 Å². The van der Waals surface area contributed by atoms with Crippen molar-refractivity contribution in [3.05, 3.63) is 42.0 Å². The van der Waals surface area contributed by atoms with E-state index in [4.69, 9.17) is 5.73 Å². The van der Waals surface area contributed by atoms with Gasteiger partial charge in [-0.05, 0) is 43.5 Å². The molecule has 0 aliphatic heterocycles. The molecule has 0 radical (unpaired) electrons. The zero-order chi connectivity index (χ0) is 19.7. The Morgan fingerprint density at radius 1 is 1.24 bits per heavy atom. The highest BCUT2D eigenvalue weighted by atomic mass is 35.5. The van der Waals surface area contributed by atoms with Gasteiger partial charge in [-0.1, -0.05) is 31.9 Å². The summed E-state index contributed by atoms with van der Waals surface area (Å²) in [7, 11) is 0. The van der Waals surface area contributed by atoms with Gasteiger partial charge in [0.2, 0.25) is 0 Å². The van der Waals surface area contributed by atoms with E-state index in [0.717, 1.165) is 32.1 Å². The van der Waals surface area contributed by atoms with E-state index in [0.29, 0.717) is 34.9 Å². The summed E-state index contributed by atoms with van der Waals surface area (Å²) in [6, 6.07) is 6.33. The first-order chi connectivity index (χ1) is 13.5. The SMILES string of the molecule is CCCn1c(-c2cccc(F)c2)nc2c(N)nc(C=CC3(O)CCCC3)nc21.Cl. The first-order valence-corrected chi connectivity index (χ1v) is 9.70. The summed E-state index contributed by atoms with van der Waals surface area (Å²) >= 11 is 0. The molecule has 154 valence electrons. The van der Waals surface area contributed by atoms with E-state index in [1.54, 1.807) is 18.2 Å². The Morgan fingerprint density at radius 3 is 2.69 bits per heavy atom. The van der Waals surface area contributed by atoms with Crippen molar-refractivity contribution in [1.82, 2.24) is 19.5 Å². The van der Waals surface area contributed by atoms with Gasteiger partial charge in [-0.2, -0.15) is 0 Å². The molecule has 0 unspecified atom stereocenters. The third kappa shape index (κ3) is 4.26. The summed E-state index contributed by atoms with van der Waals surface area (Å²) in [5.41, 5.74) is 7.17. The van der Waals surface area contributed by atoms with Crippen LogP contribution in [-0.4, -0.2) is 30.2 Å². The minimum absolute atomic E-state index is 0. The number of hydrogen-bond donors (Lipinski definition) is 2. The van der Waals surface area contributed by atoms with Crippen molar-refractivity contribution in [3.63, 3.8) is 0 Å². The van der Waals surface area contributed by atoms with E-state index < -0.39 is 5.60 Å². The molecular formula is C21H25ClFN5O. The lowest BCUT2D eigenvalue weighted by atomic mass is 10.0. The van der Waals surface area contributed by atoms with E-state index in [2.05, 4.69) is 21.9 Å². The fourth-order valence-corrected chi connectivity index (χ4v) is 3.78. The molecule has 4 rings (SSSR count). The van der Waals surface area contributed by atoms with Gasteiger partial charge in [-0.15, -0.1) is 12.4 Å². The summed E-state index contributed by atoms with van der Waals surface area (Å²) in [5.74, 6) is 1.01. The number of benzene rings is 1. The molecule has 3 N–H and O–H groups in total. The van der Waals surface area contributed by atoms with Crippen LogP contribution in [0.25, 0.3) is 28.6 Å². The molecule has 0 amide bonds. The Kier molecular flexibility index (Phi) is 6.19. The molecule has 2 heterocycles. The predicted octanol–water partition coefficient (Wildman–Crippen LogP) is 4.36.